The molecule has 1 aromatic carbocycles. The van der Waals surface area contributed by atoms with Gasteiger partial charge < -0.3 is 9.64 Å². The van der Waals surface area contributed by atoms with E-state index in [9.17, 15) is 9.18 Å². The van der Waals surface area contributed by atoms with E-state index in [-0.39, 0.29) is 17.8 Å². The maximum absolute atomic E-state index is 13.6. The van der Waals surface area contributed by atoms with Gasteiger partial charge in [0.05, 0.1) is 9.99 Å². The molecule has 1 amide bonds. The first-order valence-corrected chi connectivity index (χ1v) is 8.68. The summed E-state index contributed by atoms with van der Waals surface area (Å²) >= 11 is 3.19. The minimum absolute atomic E-state index is 0.270. The lowest BCUT2D eigenvalue weighted by atomic mass is 10.1. The van der Waals surface area contributed by atoms with Crippen LogP contribution in [-0.4, -0.2) is 44.7 Å². The van der Waals surface area contributed by atoms with Crippen molar-refractivity contribution in [3.05, 3.63) is 22.4 Å². The molecule has 0 bridgehead atoms. The van der Waals surface area contributed by atoms with E-state index in [4.69, 9.17) is 4.74 Å². The number of halogens is 2. The zero-order valence-electron chi connectivity index (χ0n) is 13.9. The Morgan fingerprint density at radius 2 is 2.21 bits per heavy atom. The lowest BCUT2D eigenvalue weighted by molar-refractivity contribution is 0.0287. The summed E-state index contributed by atoms with van der Waals surface area (Å²) in [5.41, 5.74) is 0.810. The van der Waals surface area contributed by atoms with Crippen molar-refractivity contribution in [3.8, 4) is 0 Å². The third-order valence-electron chi connectivity index (χ3n) is 3.92. The predicted molar refractivity (Wildman–Crippen MR) is 91.1 cm³/mol. The molecule has 0 radical (unpaired) electrons. The lowest BCUT2D eigenvalue weighted by Crippen LogP contribution is -2.35. The summed E-state index contributed by atoms with van der Waals surface area (Å²) in [6.07, 6.45) is 0.599. The van der Waals surface area contributed by atoms with Gasteiger partial charge in [0.1, 0.15) is 16.9 Å². The van der Waals surface area contributed by atoms with E-state index in [0.717, 1.165) is 11.9 Å². The van der Waals surface area contributed by atoms with E-state index in [0.29, 0.717) is 29.6 Å². The third-order valence-corrected chi connectivity index (χ3v) is 4.53. The summed E-state index contributed by atoms with van der Waals surface area (Å²) in [5, 5.41) is 8.13. The van der Waals surface area contributed by atoms with Crippen LogP contribution in [0.25, 0.3) is 11.0 Å². The fraction of sp³-hybridized carbons (Fsp3) is 0.562. The number of nitrogens with zero attached hydrogens (tertiary/aromatic N) is 4. The first-order valence-electron chi connectivity index (χ1n) is 7.89. The van der Waals surface area contributed by atoms with Crippen molar-refractivity contribution >= 4 is 33.1 Å². The van der Waals surface area contributed by atoms with Gasteiger partial charge in [0.25, 0.3) is 0 Å². The summed E-state index contributed by atoms with van der Waals surface area (Å²) in [7, 11) is 0. The molecule has 2 heterocycles. The number of amides is 1. The summed E-state index contributed by atoms with van der Waals surface area (Å²) in [6.45, 7) is 7.50. The van der Waals surface area contributed by atoms with E-state index in [1.807, 2.05) is 20.8 Å². The minimum atomic E-state index is -0.492. The van der Waals surface area contributed by atoms with Crippen LogP contribution in [0.1, 0.15) is 27.2 Å². The number of hydrogen-bond acceptors (Lipinski definition) is 4. The monoisotopic (exact) mass is 398 g/mol. The van der Waals surface area contributed by atoms with Crippen LogP contribution >= 0.6 is 15.9 Å². The molecule has 24 heavy (non-hydrogen) atoms. The van der Waals surface area contributed by atoms with E-state index < -0.39 is 5.60 Å². The van der Waals surface area contributed by atoms with Crippen molar-refractivity contribution in [2.75, 3.05) is 13.1 Å². The van der Waals surface area contributed by atoms with E-state index >= 15 is 0 Å². The normalized spacial score (nSPS) is 18.4. The maximum atomic E-state index is 13.6. The van der Waals surface area contributed by atoms with Crippen LogP contribution in [0.3, 0.4) is 0 Å². The Labute approximate surface area is 148 Å². The van der Waals surface area contributed by atoms with Gasteiger partial charge in [-0.25, -0.2) is 13.9 Å². The average molecular weight is 399 g/mol. The minimum Gasteiger partial charge on any atom is -0.444 e. The molecule has 0 N–H and O–H groups in total. The molecule has 2 aromatic rings. The van der Waals surface area contributed by atoms with Crippen molar-refractivity contribution in [3.63, 3.8) is 0 Å². The van der Waals surface area contributed by atoms with Crippen LogP contribution in [0.2, 0.25) is 0 Å². The van der Waals surface area contributed by atoms with Crippen molar-refractivity contribution in [2.24, 2.45) is 5.92 Å². The quantitative estimate of drug-likeness (QED) is 0.775. The van der Waals surface area contributed by atoms with Crippen LogP contribution in [-0.2, 0) is 11.3 Å². The summed E-state index contributed by atoms with van der Waals surface area (Å²) in [4.78, 5) is 13.9. The first-order chi connectivity index (χ1) is 11.2. The number of carbonyl (C=O) groups is 1. The average Bonchev–Trinajstić information content (AvgIpc) is 3.07. The Hall–Kier alpha value is -1.70. The first kappa shape index (κ1) is 17.1. The van der Waals surface area contributed by atoms with Gasteiger partial charge in [0.15, 0.2) is 0 Å². The number of rotatable bonds is 2. The Bertz CT molecular complexity index is 771. The SMILES string of the molecule is CC(C)(C)OC(=O)N1CCC(Cn2nnc3cc(F)c(Br)cc32)C1. The lowest BCUT2D eigenvalue weighted by Gasteiger charge is -2.24. The van der Waals surface area contributed by atoms with Crippen LogP contribution < -0.4 is 0 Å². The highest BCUT2D eigenvalue weighted by molar-refractivity contribution is 9.10. The highest BCUT2D eigenvalue weighted by Crippen LogP contribution is 2.25. The van der Waals surface area contributed by atoms with Gasteiger partial charge >= 0.3 is 6.09 Å². The Balaban J connectivity index is 1.68. The smallest absolute Gasteiger partial charge is 0.410 e. The Morgan fingerprint density at radius 1 is 1.46 bits per heavy atom. The molecule has 3 rings (SSSR count). The second-order valence-corrected chi connectivity index (χ2v) is 7.96. The van der Waals surface area contributed by atoms with Crippen molar-refractivity contribution in [1.82, 2.24) is 19.9 Å². The van der Waals surface area contributed by atoms with Crippen molar-refractivity contribution in [1.29, 1.82) is 0 Å². The van der Waals surface area contributed by atoms with E-state index in [2.05, 4.69) is 26.2 Å². The van der Waals surface area contributed by atoms with Crippen LogP contribution in [0, 0.1) is 11.7 Å². The molecule has 0 aliphatic carbocycles. The summed E-state index contributed by atoms with van der Waals surface area (Å²) < 4.78 is 21.1. The molecule has 0 saturated carbocycles. The Kier molecular flexibility index (Phi) is 4.50. The molecule has 1 aliphatic heterocycles. The second-order valence-electron chi connectivity index (χ2n) is 7.11. The standard InChI is InChI=1S/C16H20BrFN4O2/c1-16(2,3)24-15(23)21-5-4-10(8-21)9-22-14-6-11(17)12(18)7-13(14)19-20-22/h6-7,10H,4-5,8-9H2,1-3H3. The fourth-order valence-electron chi connectivity index (χ4n) is 2.82. The molecule has 8 heteroatoms. The van der Waals surface area contributed by atoms with Gasteiger partial charge in [-0.3, -0.25) is 0 Å². The molecule has 1 saturated heterocycles. The number of benzene rings is 1. The molecular formula is C16H20BrFN4O2. The maximum Gasteiger partial charge on any atom is 0.410 e. The molecule has 1 atom stereocenters. The summed E-state index contributed by atoms with van der Waals surface area (Å²) in [5.74, 6) is -0.0854. The number of aromatic nitrogens is 3. The fourth-order valence-corrected chi connectivity index (χ4v) is 3.15. The molecule has 1 aromatic heterocycles. The van der Waals surface area contributed by atoms with Gasteiger partial charge in [-0.1, -0.05) is 5.21 Å². The van der Waals surface area contributed by atoms with Gasteiger partial charge in [-0.05, 0) is 55.1 Å². The van der Waals surface area contributed by atoms with Gasteiger partial charge in [0.2, 0.25) is 0 Å². The zero-order chi connectivity index (χ0) is 17.5. The van der Waals surface area contributed by atoms with E-state index in [1.165, 1.54) is 6.07 Å². The number of hydrogen-bond donors (Lipinski definition) is 0. The zero-order valence-corrected chi connectivity index (χ0v) is 15.5. The molecular weight excluding hydrogens is 379 g/mol. The molecule has 1 fully saturated rings. The second kappa shape index (κ2) is 6.31. The number of likely N-dealkylation sites (tertiary alicyclic amines) is 1. The number of fused-ring (bicyclic) bond motifs is 1. The van der Waals surface area contributed by atoms with E-state index in [1.54, 1.807) is 15.6 Å². The topological polar surface area (TPSA) is 60.2 Å². The number of carbonyl (C=O) groups excluding carboxylic acids is 1. The molecule has 6 nitrogen and oxygen atoms in total. The van der Waals surface area contributed by atoms with Gasteiger partial charge in [-0.15, -0.1) is 5.10 Å². The van der Waals surface area contributed by atoms with Crippen molar-refractivity contribution in [2.45, 2.75) is 39.3 Å². The Morgan fingerprint density at radius 3 is 2.92 bits per heavy atom. The highest BCUT2D eigenvalue weighted by Gasteiger charge is 2.30. The van der Waals surface area contributed by atoms with Crippen molar-refractivity contribution < 1.29 is 13.9 Å². The molecule has 130 valence electrons. The third kappa shape index (κ3) is 3.68. The molecule has 1 unspecified atom stereocenters. The predicted octanol–water partition coefficient (Wildman–Crippen LogP) is 3.59. The van der Waals surface area contributed by atoms with Crippen LogP contribution in [0.15, 0.2) is 16.6 Å². The molecule has 0 spiro atoms. The highest BCUT2D eigenvalue weighted by atomic mass is 79.9. The number of ether oxygens (including phenoxy) is 1. The largest absolute Gasteiger partial charge is 0.444 e. The van der Waals surface area contributed by atoms with Crippen LogP contribution in [0.5, 0.6) is 0 Å². The van der Waals surface area contributed by atoms with Gasteiger partial charge in [-0.2, -0.15) is 0 Å². The van der Waals surface area contributed by atoms with Gasteiger partial charge in [0, 0.05) is 25.7 Å². The molecule has 1 aliphatic rings. The van der Waals surface area contributed by atoms with Crippen LogP contribution in [0.4, 0.5) is 9.18 Å². The summed E-state index contributed by atoms with van der Waals surface area (Å²) in [6, 6.07) is 3.05.